The average molecular weight is 455 g/mol. The van der Waals surface area contributed by atoms with Crippen LogP contribution in [0.2, 0.25) is 0 Å². The van der Waals surface area contributed by atoms with Crippen molar-refractivity contribution in [3.63, 3.8) is 0 Å². The van der Waals surface area contributed by atoms with Gasteiger partial charge < -0.3 is 25.4 Å². The third-order valence-corrected chi connectivity index (χ3v) is 5.56. The molecule has 0 unspecified atom stereocenters. The summed E-state index contributed by atoms with van der Waals surface area (Å²) in [6.07, 6.45) is 1.12. The van der Waals surface area contributed by atoms with E-state index in [0.29, 0.717) is 36.5 Å². The number of fused-ring (bicyclic) bond motifs is 3. The van der Waals surface area contributed by atoms with Crippen LogP contribution in [0.25, 0.3) is 5.57 Å². The highest BCUT2D eigenvalue weighted by Gasteiger charge is 2.46. The van der Waals surface area contributed by atoms with Gasteiger partial charge in [0.25, 0.3) is 0 Å². The number of anilines is 1. The number of ether oxygens (including phenoxy) is 2. The molecule has 0 radical (unpaired) electrons. The van der Waals surface area contributed by atoms with Gasteiger partial charge in [0.1, 0.15) is 30.3 Å². The van der Waals surface area contributed by atoms with Crippen molar-refractivity contribution in [2.75, 3.05) is 37.7 Å². The first-order chi connectivity index (χ1) is 14.4. The quantitative estimate of drug-likeness (QED) is 0.702. The Labute approximate surface area is 184 Å². The zero-order valence-electron chi connectivity index (χ0n) is 16.9. The molecule has 3 heterocycles. The van der Waals surface area contributed by atoms with Crippen molar-refractivity contribution in [2.45, 2.75) is 25.5 Å². The van der Waals surface area contributed by atoms with Crippen LogP contribution in [0.15, 0.2) is 18.2 Å². The van der Waals surface area contributed by atoms with Crippen LogP contribution in [-0.2, 0) is 14.3 Å². The fraction of sp³-hybridized carbons (Fsp3) is 0.450. The summed E-state index contributed by atoms with van der Waals surface area (Å²) < 4.78 is 26.2. The summed E-state index contributed by atoms with van der Waals surface area (Å²) in [7, 11) is 0. The zero-order valence-corrected chi connectivity index (χ0v) is 17.7. The van der Waals surface area contributed by atoms with Crippen LogP contribution in [-0.4, -0.2) is 67.7 Å². The van der Waals surface area contributed by atoms with Crippen LogP contribution in [0.3, 0.4) is 0 Å². The largest absolute Gasteiger partial charge is 0.489 e. The Bertz CT molecular complexity index is 940. The molecule has 0 saturated carbocycles. The Morgan fingerprint density at radius 3 is 2.77 bits per heavy atom. The molecule has 0 bridgehead atoms. The van der Waals surface area contributed by atoms with Crippen LogP contribution in [0.5, 0.6) is 5.75 Å². The monoisotopic (exact) mass is 454 g/mol. The maximum atomic E-state index is 15.0. The summed E-state index contributed by atoms with van der Waals surface area (Å²) >= 11 is 0. The summed E-state index contributed by atoms with van der Waals surface area (Å²) in [5.74, 6) is -0.473. The zero-order chi connectivity index (χ0) is 21.4. The first-order valence-electron chi connectivity index (χ1n) is 9.77. The molecule has 1 aromatic rings. The standard InChI is InChI=1S/C20H23FN4O5.ClH/c1-11(26)23-9-18-16-10-29-17-6-13(12-2-4-24(5-3-12)19(27)8-22)14(21)7-15(17)25(16)20(28)30-18;/h2,6-7,16,18H,3-5,8-10,22H2,1H3,(H,23,26);1H/t16-,18-;/m0./s1. The Kier molecular flexibility index (Phi) is 6.71. The average Bonchev–Trinajstić information content (AvgIpc) is 3.07. The predicted octanol–water partition coefficient (Wildman–Crippen LogP) is 1.04. The van der Waals surface area contributed by atoms with E-state index in [-0.39, 0.29) is 43.9 Å². The minimum Gasteiger partial charge on any atom is -0.489 e. The van der Waals surface area contributed by atoms with Crippen LogP contribution in [0, 0.1) is 5.82 Å². The van der Waals surface area contributed by atoms with Gasteiger partial charge >= 0.3 is 6.09 Å². The number of hydrogen-bond acceptors (Lipinski definition) is 6. The number of carbonyl (C=O) groups excluding carboxylic acids is 3. The van der Waals surface area contributed by atoms with Gasteiger partial charge in [0.15, 0.2) is 0 Å². The molecule has 168 valence electrons. The number of benzene rings is 1. The van der Waals surface area contributed by atoms with Gasteiger partial charge in [-0.1, -0.05) is 6.08 Å². The van der Waals surface area contributed by atoms with Gasteiger partial charge in [-0.3, -0.25) is 14.5 Å². The molecule has 11 heteroatoms. The molecule has 3 aliphatic heterocycles. The highest BCUT2D eigenvalue weighted by atomic mass is 35.5. The number of carbonyl (C=O) groups is 3. The van der Waals surface area contributed by atoms with E-state index < -0.39 is 24.1 Å². The number of hydrogen-bond donors (Lipinski definition) is 2. The van der Waals surface area contributed by atoms with Crippen molar-refractivity contribution in [3.05, 3.63) is 29.6 Å². The molecule has 9 nitrogen and oxygen atoms in total. The lowest BCUT2D eigenvalue weighted by atomic mass is 9.97. The number of nitrogens with two attached hydrogens (primary N) is 1. The molecule has 4 rings (SSSR count). The molecule has 0 aromatic heterocycles. The fourth-order valence-electron chi connectivity index (χ4n) is 3.98. The van der Waals surface area contributed by atoms with Crippen LogP contribution >= 0.6 is 12.4 Å². The van der Waals surface area contributed by atoms with Gasteiger partial charge in [-0.2, -0.15) is 0 Å². The third-order valence-electron chi connectivity index (χ3n) is 5.56. The van der Waals surface area contributed by atoms with Gasteiger partial charge in [0.2, 0.25) is 11.8 Å². The molecule has 1 aromatic carbocycles. The fourth-order valence-corrected chi connectivity index (χ4v) is 3.98. The van der Waals surface area contributed by atoms with E-state index in [2.05, 4.69) is 5.32 Å². The predicted molar refractivity (Wildman–Crippen MR) is 113 cm³/mol. The van der Waals surface area contributed by atoms with Crippen molar-refractivity contribution in [1.29, 1.82) is 0 Å². The van der Waals surface area contributed by atoms with Crippen molar-refractivity contribution >= 4 is 41.6 Å². The second kappa shape index (κ2) is 9.11. The summed E-state index contributed by atoms with van der Waals surface area (Å²) in [5.41, 5.74) is 6.86. The minimum atomic E-state index is -0.597. The lowest BCUT2D eigenvalue weighted by Crippen LogP contribution is -2.47. The Morgan fingerprint density at radius 2 is 2.13 bits per heavy atom. The SMILES string of the molecule is CC(=O)NC[C@@H]1OC(=O)N2c3cc(F)c(C4=CCN(C(=O)CN)CC4)cc3OC[C@@H]12.Cl. The van der Waals surface area contributed by atoms with Gasteiger partial charge in [0.05, 0.1) is 18.8 Å². The number of cyclic esters (lactones) is 1. The van der Waals surface area contributed by atoms with Crippen LogP contribution in [0.4, 0.5) is 14.9 Å². The first kappa shape index (κ1) is 22.8. The summed E-state index contributed by atoms with van der Waals surface area (Å²) in [6, 6.07) is 2.41. The molecule has 3 N–H and O–H groups in total. The van der Waals surface area contributed by atoms with E-state index >= 15 is 0 Å². The minimum absolute atomic E-state index is 0. The molecule has 0 aliphatic carbocycles. The maximum Gasteiger partial charge on any atom is 0.415 e. The van der Waals surface area contributed by atoms with Crippen molar-refractivity contribution in [3.8, 4) is 5.75 Å². The van der Waals surface area contributed by atoms with E-state index in [0.717, 1.165) is 5.57 Å². The molecule has 2 atom stereocenters. The first-order valence-corrected chi connectivity index (χ1v) is 9.77. The van der Waals surface area contributed by atoms with E-state index in [4.69, 9.17) is 15.2 Å². The van der Waals surface area contributed by atoms with Crippen molar-refractivity contribution in [2.24, 2.45) is 5.73 Å². The van der Waals surface area contributed by atoms with Crippen LogP contribution in [0.1, 0.15) is 18.9 Å². The second-order valence-electron chi connectivity index (χ2n) is 7.43. The number of amides is 3. The summed E-state index contributed by atoms with van der Waals surface area (Å²) in [4.78, 5) is 38.3. The van der Waals surface area contributed by atoms with Crippen molar-refractivity contribution < 1.29 is 28.2 Å². The Hall–Kier alpha value is -2.85. The highest BCUT2D eigenvalue weighted by molar-refractivity contribution is 5.94. The van der Waals surface area contributed by atoms with E-state index in [1.54, 1.807) is 17.0 Å². The number of nitrogens with one attached hydrogen (secondary N) is 1. The Balaban J connectivity index is 0.00000272. The lowest BCUT2D eigenvalue weighted by Gasteiger charge is -2.32. The molecule has 3 amide bonds. The number of rotatable bonds is 4. The molecule has 31 heavy (non-hydrogen) atoms. The van der Waals surface area contributed by atoms with E-state index in [1.165, 1.54) is 17.9 Å². The molecule has 3 aliphatic rings. The third kappa shape index (κ3) is 4.31. The summed E-state index contributed by atoms with van der Waals surface area (Å²) in [6.45, 7) is 2.49. The van der Waals surface area contributed by atoms with Gasteiger partial charge in [-0.05, 0) is 18.1 Å². The number of nitrogens with zero attached hydrogens (tertiary/aromatic N) is 2. The summed E-state index contributed by atoms with van der Waals surface area (Å²) in [5, 5.41) is 2.63. The number of halogens is 2. The molecular weight excluding hydrogens is 431 g/mol. The van der Waals surface area contributed by atoms with Crippen molar-refractivity contribution in [1.82, 2.24) is 10.2 Å². The molecule has 1 saturated heterocycles. The van der Waals surface area contributed by atoms with Gasteiger partial charge in [0, 0.05) is 31.6 Å². The second-order valence-corrected chi connectivity index (χ2v) is 7.43. The molecule has 1 fully saturated rings. The normalized spacial score (nSPS) is 21.8. The Morgan fingerprint density at radius 1 is 1.35 bits per heavy atom. The topological polar surface area (TPSA) is 114 Å². The smallest absolute Gasteiger partial charge is 0.415 e. The molecule has 0 spiro atoms. The van der Waals surface area contributed by atoms with Crippen LogP contribution < -0.4 is 20.7 Å². The van der Waals surface area contributed by atoms with Gasteiger partial charge in [-0.25, -0.2) is 9.18 Å². The highest BCUT2D eigenvalue weighted by Crippen LogP contribution is 2.42. The maximum absolute atomic E-state index is 15.0. The lowest BCUT2D eigenvalue weighted by molar-refractivity contribution is -0.129. The van der Waals surface area contributed by atoms with E-state index in [9.17, 15) is 18.8 Å². The molecular formula is C20H24ClFN4O5. The van der Waals surface area contributed by atoms with Gasteiger partial charge in [-0.15, -0.1) is 12.4 Å². The van der Waals surface area contributed by atoms with E-state index in [1.807, 2.05) is 0 Å².